The topological polar surface area (TPSA) is 44.8 Å². The Morgan fingerprint density at radius 1 is 1.00 bits per heavy atom. The van der Waals surface area contributed by atoms with Crippen LogP contribution in [0, 0.1) is 0 Å². The molecule has 0 unspecified atom stereocenters. The van der Waals surface area contributed by atoms with E-state index in [-0.39, 0.29) is 5.91 Å². The van der Waals surface area contributed by atoms with Gasteiger partial charge in [0.2, 0.25) is 5.91 Å². The number of ether oxygens (including phenoxy) is 1. The van der Waals surface area contributed by atoms with Gasteiger partial charge in [-0.05, 0) is 30.7 Å². The van der Waals surface area contributed by atoms with Crippen molar-refractivity contribution in [3.63, 3.8) is 0 Å². The van der Waals surface area contributed by atoms with Gasteiger partial charge in [-0.3, -0.25) is 9.69 Å². The first-order chi connectivity index (χ1) is 13.2. The van der Waals surface area contributed by atoms with Gasteiger partial charge in [0, 0.05) is 56.1 Å². The van der Waals surface area contributed by atoms with Gasteiger partial charge in [0.1, 0.15) is 12.4 Å². The van der Waals surface area contributed by atoms with E-state index in [0.29, 0.717) is 24.5 Å². The molecule has 0 radical (unpaired) electrons. The zero-order chi connectivity index (χ0) is 18.6. The molecule has 2 aliphatic rings. The maximum atomic E-state index is 11.6. The molecule has 1 fully saturated rings. The highest BCUT2D eigenvalue weighted by Crippen LogP contribution is 2.37. The minimum Gasteiger partial charge on any atom is -0.490 e. The van der Waals surface area contributed by atoms with E-state index >= 15 is 0 Å². The van der Waals surface area contributed by atoms with Crippen molar-refractivity contribution in [3.05, 3.63) is 53.1 Å². The molecule has 0 atom stereocenters. The standard InChI is InChI=1S/C21H24ClN3O2/c22-18-7-8-19-17(6-9-20(26)23-19)21(18)27-15-14-24-10-12-25(13-11-24)16-4-2-1-3-5-16/h1-5,7-8H,6,9-15H2,(H,23,26). The predicted octanol–water partition coefficient (Wildman–Crippen LogP) is 3.43. The molecule has 0 bridgehead atoms. The second-order valence-corrected chi connectivity index (χ2v) is 7.37. The monoisotopic (exact) mass is 385 g/mol. The summed E-state index contributed by atoms with van der Waals surface area (Å²) >= 11 is 6.35. The summed E-state index contributed by atoms with van der Waals surface area (Å²) in [5.74, 6) is 0.768. The summed E-state index contributed by atoms with van der Waals surface area (Å²) in [6.45, 7) is 5.56. The number of hydrogen-bond donors (Lipinski definition) is 1. The first-order valence-electron chi connectivity index (χ1n) is 9.47. The summed E-state index contributed by atoms with van der Waals surface area (Å²) in [6.07, 6.45) is 1.15. The maximum absolute atomic E-state index is 11.6. The third-order valence-corrected chi connectivity index (χ3v) is 5.53. The molecule has 2 heterocycles. The molecule has 0 aliphatic carbocycles. The fourth-order valence-corrected chi connectivity index (χ4v) is 3.95. The van der Waals surface area contributed by atoms with Crippen LogP contribution in [-0.2, 0) is 11.2 Å². The van der Waals surface area contributed by atoms with Crippen LogP contribution < -0.4 is 15.0 Å². The summed E-state index contributed by atoms with van der Waals surface area (Å²) in [5.41, 5.74) is 3.12. The Bertz CT molecular complexity index is 805. The summed E-state index contributed by atoms with van der Waals surface area (Å²) in [4.78, 5) is 16.4. The Morgan fingerprint density at radius 3 is 2.56 bits per heavy atom. The van der Waals surface area contributed by atoms with Crippen LogP contribution in [0.2, 0.25) is 5.02 Å². The Hall–Kier alpha value is -2.24. The van der Waals surface area contributed by atoms with E-state index in [1.807, 2.05) is 6.07 Å². The van der Waals surface area contributed by atoms with Gasteiger partial charge in [0.25, 0.3) is 0 Å². The fraction of sp³-hybridized carbons (Fsp3) is 0.381. The van der Waals surface area contributed by atoms with Crippen molar-refractivity contribution in [3.8, 4) is 5.75 Å². The van der Waals surface area contributed by atoms with Crippen molar-refractivity contribution in [2.24, 2.45) is 0 Å². The van der Waals surface area contributed by atoms with Gasteiger partial charge >= 0.3 is 0 Å². The number of para-hydroxylation sites is 1. The second kappa shape index (κ2) is 8.19. The van der Waals surface area contributed by atoms with E-state index in [1.165, 1.54) is 5.69 Å². The van der Waals surface area contributed by atoms with Crippen LogP contribution in [0.1, 0.15) is 12.0 Å². The van der Waals surface area contributed by atoms with Crippen LogP contribution >= 0.6 is 11.6 Å². The van der Waals surface area contributed by atoms with Gasteiger partial charge in [-0.25, -0.2) is 0 Å². The van der Waals surface area contributed by atoms with Gasteiger partial charge in [0.05, 0.1) is 5.02 Å². The molecule has 0 aromatic heterocycles. The number of anilines is 2. The average molecular weight is 386 g/mol. The van der Waals surface area contributed by atoms with E-state index in [1.54, 1.807) is 6.07 Å². The van der Waals surface area contributed by atoms with Crippen molar-refractivity contribution in [2.75, 3.05) is 49.5 Å². The molecule has 1 amide bonds. The molecule has 2 aromatic rings. The lowest BCUT2D eigenvalue weighted by Gasteiger charge is -2.36. The minimum atomic E-state index is 0.0482. The molecule has 4 rings (SSSR count). The van der Waals surface area contributed by atoms with Crippen LogP contribution in [0.4, 0.5) is 11.4 Å². The minimum absolute atomic E-state index is 0.0482. The van der Waals surface area contributed by atoms with E-state index in [4.69, 9.17) is 16.3 Å². The molecule has 2 aromatic carbocycles. The molecular weight excluding hydrogens is 362 g/mol. The molecule has 1 N–H and O–H groups in total. The van der Waals surface area contributed by atoms with Gasteiger partial charge in [-0.1, -0.05) is 29.8 Å². The highest BCUT2D eigenvalue weighted by molar-refractivity contribution is 6.32. The van der Waals surface area contributed by atoms with Crippen molar-refractivity contribution in [1.29, 1.82) is 0 Å². The average Bonchev–Trinajstić information content (AvgIpc) is 2.71. The zero-order valence-electron chi connectivity index (χ0n) is 15.3. The van der Waals surface area contributed by atoms with E-state index in [9.17, 15) is 4.79 Å². The van der Waals surface area contributed by atoms with Gasteiger partial charge < -0.3 is 15.0 Å². The molecule has 1 saturated heterocycles. The van der Waals surface area contributed by atoms with Gasteiger partial charge in [-0.2, -0.15) is 0 Å². The van der Waals surface area contributed by atoms with Crippen LogP contribution in [0.15, 0.2) is 42.5 Å². The molecule has 0 spiro atoms. The first-order valence-corrected chi connectivity index (χ1v) is 9.85. The molecule has 6 heteroatoms. The van der Waals surface area contributed by atoms with Gasteiger partial charge in [0.15, 0.2) is 0 Å². The summed E-state index contributed by atoms with van der Waals surface area (Å²) in [5, 5.41) is 3.50. The molecule has 142 valence electrons. The number of nitrogens with zero attached hydrogens (tertiary/aromatic N) is 2. The lowest BCUT2D eigenvalue weighted by atomic mass is 10.0. The van der Waals surface area contributed by atoms with Crippen LogP contribution in [0.25, 0.3) is 0 Å². The summed E-state index contributed by atoms with van der Waals surface area (Å²) < 4.78 is 6.05. The van der Waals surface area contributed by atoms with Crippen LogP contribution in [-0.4, -0.2) is 50.1 Å². The van der Waals surface area contributed by atoms with Crippen LogP contribution in [0.3, 0.4) is 0 Å². The normalized spacial score (nSPS) is 17.4. The number of piperazine rings is 1. The number of fused-ring (bicyclic) bond motifs is 1. The fourth-order valence-electron chi connectivity index (χ4n) is 3.72. The number of amides is 1. The summed E-state index contributed by atoms with van der Waals surface area (Å²) in [7, 11) is 0. The third kappa shape index (κ3) is 4.20. The summed E-state index contributed by atoms with van der Waals surface area (Å²) in [6, 6.07) is 14.2. The Labute approximate surface area is 164 Å². The lowest BCUT2D eigenvalue weighted by Crippen LogP contribution is -2.47. The highest BCUT2D eigenvalue weighted by atomic mass is 35.5. The number of benzene rings is 2. The molecule has 5 nitrogen and oxygen atoms in total. The largest absolute Gasteiger partial charge is 0.490 e. The predicted molar refractivity (Wildman–Crippen MR) is 109 cm³/mol. The number of rotatable bonds is 5. The van der Waals surface area contributed by atoms with E-state index in [2.05, 4.69) is 45.4 Å². The molecule has 27 heavy (non-hydrogen) atoms. The Morgan fingerprint density at radius 2 is 1.78 bits per heavy atom. The second-order valence-electron chi connectivity index (χ2n) is 6.96. The third-order valence-electron chi connectivity index (χ3n) is 5.24. The van der Waals surface area contributed by atoms with E-state index in [0.717, 1.165) is 49.7 Å². The van der Waals surface area contributed by atoms with Crippen molar-refractivity contribution < 1.29 is 9.53 Å². The van der Waals surface area contributed by atoms with Crippen LogP contribution in [0.5, 0.6) is 5.75 Å². The smallest absolute Gasteiger partial charge is 0.224 e. The Balaban J connectivity index is 1.30. The van der Waals surface area contributed by atoms with Gasteiger partial charge in [-0.15, -0.1) is 0 Å². The van der Waals surface area contributed by atoms with Crippen molar-refractivity contribution in [2.45, 2.75) is 12.8 Å². The number of nitrogens with one attached hydrogen (secondary N) is 1. The quantitative estimate of drug-likeness (QED) is 0.856. The van der Waals surface area contributed by atoms with Crippen molar-refractivity contribution >= 4 is 28.9 Å². The molecule has 2 aliphatic heterocycles. The Kier molecular flexibility index (Phi) is 5.50. The number of carbonyl (C=O) groups is 1. The molecular formula is C21H24ClN3O2. The molecule has 0 saturated carbocycles. The zero-order valence-corrected chi connectivity index (χ0v) is 16.0. The first kappa shape index (κ1) is 18.1. The number of halogens is 1. The SMILES string of the molecule is O=C1CCc2c(ccc(Cl)c2OCCN2CCN(c3ccccc3)CC2)N1. The maximum Gasteiger partial charge on any atom is 0.224 e. The highest BCUT2D eigenvalue weighted by Gasteiger charge is 2.21. The number of hydrogen-bond acceptors (Lipinski definition) is 4. The van der Waals surface area contributed by atoms with E-state index < -0.39 is 0 Å². The van der Waals surface area contributed by atoms with Crippen molar-refractivity contribution in [1.82, 2.24) is 4.90 Å². The number of carbonyl (C=O) groups excluding carboxylic acids is 1. The lowest BCUT2D eigenvalue weighted by molar-refractivity contribution is -0.116.